The summed E-state index contributed by atoms with van der Waals surface area (Å²) in [6.07, 6.45) is 6.03. The Morgan fingerprint density at radius 1 is 1.17 bits per heavy atom. The van der Waals surface area contributed by atoms with Crippen LogP contribution >= 0.6 is 0 Å². The van der Waals surface area contributed by atoms with Gasteiger partial charge in [0.2, 0.25) is 15.9 Å². The highest BCUT2D eigenvalue weighted by Crippen LogP contribution is 2.27. The van der Waals surface area contributed by atoms with Crippen molar-refractivity contribution in [1.82, 2.24) is 19.7 Å². The molecule has 3 heterocycles. The number of nitrogens with one attached hydrogen (secondary N) is 1. The van der Waals surface area contributed by atoms with E-state index >= 15 is 0 Å². The summed E-state index contributed by atoms with van der Waals surface area (Å²) >= 11 is 0. The Bertz CT molecular complexity index is 780. The Morgan fingerprint density at radius 3 is 2.52 bits per heavy atom. The minimum atomic E-state index is -3.63. The van der Waals surface area contributed by atoms with Gasteiger partial charge < -0.3 is 9.84 Å². The van der Waals surface area contributed by atoms with Crippen LogP contribution in [0.3, 0.4) is 0 Å². The zero-order valence-electron chi connectivity index (χ0n) is 17.8. The van der Waals surface area contributed by atoms with Crippen LogP contribution in [0.5, 0.6) is 0 Å². The highest BCUT2D eigenvalue weighted by Gasteiger charge is 2.35. The molecule has 1 atom stereocenters. The first-order chi connectivity index (χ1) is 13.8. The molecular weight excluding hydrogens is 392 g/mol. The zero-order chi connectivity index (χ0) is 21.0. The average molecular weight is 427 g/mol. The monoisotopic (exact) mass is 426 g/mol. The molecule has 9 heteroatoms. The number of carbonyl (C=O) groups is 1. The highest BCUT2D eigenvalue weighted by molar-refractivity contribution is 7.89. The summed E-state index contributed by atoms with van der Waals surface area (Å²) in [5, 5.41) is 6.83. The number of rotatable bonds is 7. The third-order valence-corrected chi connectivity index (χ3v) is 8.45. The van der Waals surface area contributed by atoms with Crippen LogP contribution in [0.4, 0.5) is 0 Å². The van der Waals surface area contributed by atoms with E-state index in [4.69, 9.17) is 4.52 Å². The summed E-state index contributed by atoms with van der Waals surface area (Å²) in [7, 11) is -3.63. The van der Waals surface area contributed by atoms with Gasteiger partial charge in [0.15, 0.2) is 5.76 Å². The smallest absolute Gasteiger partial charge is 0.248 e. The van der Waals surface area contributed by atoms with Crippen molar-refractivity contribution in [3.8, 4) is 0 Å². The first-order valence-corrected chi connectivity index (χ1v) is 12.2. The molecule has 0 aliphatic carbocycles. The maximum Gasteiger partial charge on any atom is 0.248 e. The van der Waals surface area contributed by atoms with Crippen LogP contribution in [-0.4, -0.2) is 67.5 Å². The van der Waals surface area contributed by atoms with E-state index < -0.39 is 10.0 Å². The van der Waals surface area contributed by atoms with Crippen LogP contribution in [0.1, 0.15) is 56.9 Å². The topological polar surface area (TPSA) is 95.8 Å². The number of carbonyl (C=O) groups excluding carboxylic acids is 1. The second-order valence-electron chi connectivity index (χ2n) is 8.22. The first kappa shape index (κ1) is 22.2. The summed E-state index contributed by atoms with van der Waals surface area (Å²) in [5.74, 6) is 0.226. The Morgan fingerprint density at radius 2 is 1.90 bits per heavy atom. The van der Waals surface area contributed by atoms with Gasteiger partial charge in [0.05, 0.1) is 0 Å². The van der Waals surface area contributed by atoms with Gasteiger partial charge in [-0.15, -0.1) is 0 Å². The van der Waals surface area contributed by atoms with Crippen LogP contribution in [-0.2, 0) is 14.8 Å². The van der Waals surface area contributed by atoms with Gasteiger partial charge in [-0.2, -0.15) is 4.31 Å². The fourth-order valence-electron chi connectivity index (χ4n) is 4.61. The van der Waals surface area contributed by atoms with E-state index in [-0.39, 0.29) is 16.7 Å². The van der Waals surface area contributed by atoms with Crippen LogP contribution < -0.4 is 5.32 Å². The molecule has 1 amide bonds. The molecule has 2 saturated heterocycles. The highest BCUT2D eigenvalue weighted by atomic mass is 32.2. The van der Waals surface area contributed by atoms with Crippen molar-refractivity contribution >= 4 is 15.9 Å². The first-order valence-electron chi connectivity index (χ1n) is 10.8. The fourth-order valence-corrected chi connectivity index (χ4v) is 6.37. The van der Waals surface area contributed by atoms with Crippen molar-refractivity contribution in [2.45, 2.75) is 70.2 Å². The molecule has 2 aliphatic heterocycles. The number of hydrogen-bond donors (Lipinski definition) is 1. The molecule has 0 spiro atoms. The van der Waals surface area contributed by atoms with Gasteiger partial charge in [0.25, 0.3) is 0 Å². The van der Waals surface area contributed by atoms with Crippen LogP contribution in [0, 0.1) is 19.8 Å². The molecule has 2 fully saturated rings. The number of aromatic nitrogens is 1. The minimum absolute atomic E-state index is 0.0458. The van der Waals surface area contributed by atoms with E-state index in [1.807, 2.05) is 0 Å². The van der Waals surface area contributed by atoms with Gasteiger partial charge in [-0.05, 0) is 52.5 Å². The number of amides is 1. The summed E-state index contributed by atoms with van der Waals surface area (Å²) in [6.45, 7) is 8.82. The summed E-state index contributed by atoms with van der Waals surface area (Å²) in [5.41, 5.74) is 0.380. The largest absolute Gasteiger partial charge is 0.360 e. The average Bonchev–Trinajstić information content (AvgIpc) is 3.07. The lowest BCUT2D eigenvalue weighted by Crippen LogP contribution is -2.46. The van der Waals surface area contributed by atoms with Crippen molar-refractivity contribution in [3.63, 3.8) is 0 Å². The predicted molar refractivity (Wildman–Crippen MR) is 110 cm³/mol. The Hall–Kier alpha value is -1.45. The summed E-state index contributed by atoms with van der Waals surface area (Å²) in [6, 6.07) is 0.637. The number of sulfonamides is 1. The van der Waals surface area contributed by atoms with Crippen molar-refractivity contribution in [1.29, 1.82) is 0 Å². The zero-order valence-corrected chi connectivity index (χ0v) is 18.6. The predicted octanol–water partition coefficient (Wildman–Crippen LogP) is 2.07. The van der Waals surface area contributed by atoms with E-state index in [1.54, 1.807) is 13.8 Å². The molecule has 164 valence electrons. The molecule has 0 unspecified atom stereocenters. The van der Waals surface area contributed by atoms with E-state index in [0.717, 1.165) is 19.5 Å². The Labute approximate surface area is 174 Å². The quantitative estimate of drug-likeness (QED) is 0.717. The van der Waals surface area contributed by atoms with Crippen molar-refractivity contribution in [3.05, 3.63) is 11.5 Å². The lowest BCUT2D eigenvalue weighted by Gasteiger charge is -2.35. The molecule has 0 radical (unpaired) electrons. The van der Waals surface area contributed by atoms with Crippen LogP contribution in [0.2, 0.25) is 0 Å². The van der Waals surface area contributed by atoms with Crippen molar-refractivity contribution in [2.75, 3.05) is 32.7 Å². The van der Waals surface area contributed by atoms with Gasteiger partial charge in [0, 0.05) is 38.1 Å². The van der Waals surface area contributed by atoms with E-state index in [0.29, 0.717) is 50.0 Å². The van der Waals surface area contributed by atoms with Gasteiger partial charge >= 0.3 is 0 Å². The molecule has 29 heavy (non-hydrogen) atoms. The lowest BCUT2D eigenvalue weighted by atomic mass is 9.97. The molecule has 3 rings (SSSR count). The Kier molecular flexibility index (Phi) is 7.34. The molecule has 1 aromatic rings. The third-order valence-electron chi connectivity index (χ3n) is 6.31. The molecule has 2 aliphatic rings. The van der Waals surface area contributed by atoms with Crippen LogP contribution in [0.15, 0.2) is 9.42 Å². The SMILES string of the molecule is CC[C@@H]1CCCCN1CCNC(=O)C1CCN(S(=O)(=O)c2c(C)noc2C)CC1. The molecule has 0 bridgehead atoms. The normalized spacial score (nSPS) is 22.7. The van der Waals surface area contributed by atoms with Gasteiger partial charge in [-0.3, -0.25) is 9.69 Å². The van der Waals surface area contributed by atoms with E-state index in [2.05, 4.69) is 22.3 Å². The minimum Gasteiger partial charge on any atom is -0.360 e. The maximum absolute atomic E-state index is 12.9. The lowest BCUT2D eigenvalue weighted by molar-refractivity contribution is -0.126. The van der Waals surface area contributed by atoms with Gasteiger partial charge in [-0.1, -0.05) is 18.5 Å². The molecule has 0 aromatic carbocycles. The van der Waals surface area contributed by atoms with Gasteiger partial charge in [-0.25, -0.2) is 8.42 Å². The molecule has 1 aromatic heterocycles. The maximum atomic E-state index is 12.9. The van der Waals surface area contributed by atoms with E-state index in [1.165, 1.54) is 23.6 Å². The van der Waals surface area contributed by atoms with Crippen molar-refractivity contribution < 1.29 is 17.7 Å². The Balaban J connectivity index is 1.47. The van der Waals surface area contributed by atoms with Crippen LogP contribution in [0.25, 0.3) is 0 Å². The second-order valence-corrected chi connectivity index (χ2v) is 10.1. The molecule has 0 saturated carbocycles. The third kappa shape index (κ3) is 5.00. The van der Waals surface area contributed by atoms with Crippen molar-refractivity contribution in [2.24, 2.45) is 5.92 Å². The molecular formula is C20H34N4O4S. The number of likely N-dealkylation sites (tertiary alicyclic amines) is 1. The number of hydrogen-bond acceptors (Lipinski definition) is 6. The number of nitrogens with zero attached hydrogens (tertiary/aromatic N) is 3. The molecule has 1 N–H and O–H groups in total. The molecule has 8 nitrogen and oxygen atoms in total. The number of piperidine rings is 2. The van der Waals surface area contributed by atoms with E-state index in [9.17, 15) is 13.2 Å². The second kappa shape index (κ2) is 9.57. The summed E-state index contributed by atoms with van der Waals surface area (Å²) < 4.78 is 32.3. The number of aryl methyl sites for hydroxylation is 2. The summed E-state index contributed by atoms with van der Waals surface area (Å²) in [4.78, 5) is 15.2. The van der Waals surface area contributed by atoms with Gasteiger partial charge in [0.1, 0.15) is 10.6 Å². The fraction of sp³-hybridized carbons (Fsp3) is 0.800. The standard InChI is InChI=1S/C20H34N4O4S/c1-4-18-7-5-6-11-23(18)14-10-21-20(25)17-8-12-24(13-9-17)29(26,27)19-15(2)22-28-16(19)3/h17-18H,4-14H2,1-3H3,(H,21,25)/t18-/m1/s1.